The van der Waals surface area contributed by atoms with Gasteiger partial charge in [-0.2, -0.15) is 0 Å². The molecule has 174 valence electrons. The van der Waals surface area contributed by atoms with Crippen molar-refractivity contribution >= 4 is 23.8 Å². The van der Waals surface area contributed by atoms with Gasteiger partial charge in [0.05, 0.1) is 13.0 Å². The van der Waals surface area contributed by atoms with Gasteiger partial charge >= 0.3 is 18.0 Å². The number of Topliss-reactive ketones (excluding diaryl/α,β-unsaturated/α-hetero) is 1. The Morgan fingerprint density at radius 1 is 1.12 bits per heavy atom. The van der Waals surface area contributed by atoms with Gasteiger partial charge in [0.2, 0.25) is 0 Å². The Morgan fingerprint density at radius 2 is 1.75 bits per heavy atom. The summed E-state index contributed by atoms with van der Waals surface area (Å²) in [4.78, 5) is 50.6. The molecule has 8 heteroatoms. The largest absolute Gasteiger partial charge is 0.469 e. The van der Waals surface area contributed by atoms with E-state index >= 15 is 0 Å². The average Bonchev–Trinajstić information content (AvgIpc) is 3.11. The first kappa shape index (κ1) is 23.8. The zero-order valence-electron chi connectivity index (χ0n) is 19.1. The highest BCUT2D eigenvalue weighted by molar-refractivity contribution is 6.01. The van der Waals surface area contributed by atoms with Gasteiger partial charge < -0.3 is 14.6 Å². The molecule has 1 aromatic carbocycles. The normalized spacial score (nSPS) is 25.1. The lowest BCUT2D eigenvalue weighted by Crippen LogP contribution is -2.55. The van der Waals surface area contributed by atoms with Gasteiger partial charge in [0, 0.05) is 18.5 Å². The van der Waals surface area contributed by atoms with Crippen LogP contribution in [-0.4, -0.2) is 58.6 Å². The van der Waals surface area contributed by atoms with E-state index in [1.54, 1.807) is 32.9 Å². The van der Waals surface area contributed by atoms with Crippen molar-refractivity contribution in [1.29, 1.82) is 0 Å². The molecule has 0 spiro atoms. The molecule has 1 aliphatic carbocycles. The predicted molar refractivity (Wildman–Crippen MR) is 115 cm³/mol. The molecule has 1 aromatic rings. The molecule has 2 aliphatic rings. The van der Waals surface area contributed by atoms with Crippen LogP contribution in [0.5, 0.6) is 0 Å². The lowest BCUT2D eigenvalue weighted by molar-refractivity contribution is -0.167. The average molecular weight is 446 g/mol. The Morgan fingerprint density at radius 3 is 2.28 bits per heavy atom. The maximum Gasteiger partial charge on any atom is 0.408 e. The molecule has 1 amide bonds. The van der Waals surface area contributed by atoms with E-state index in [1.165, 1.54) is 7.11 Å². The van der Waals surface area contributed by atoms with Crippen molar-refractivity contribution in [3.8, 4) is 0 Å². The number of rotatable bonds is 6. The van der Waals surface area contributed by atoms with E-state index in [1.807, 2.05) is 12.1 Å². The van der Waals surface area contributed by atoms with Crippen LogP contribution in [0.4, 0.5) is 4.79 Å². The Bertz CT molecular complexity index is 896. The van der Waals surface area contributed by atoms with Gasteiger partial charge in [0.25, 0.3) is 0 Å². The second-order valence-corrected chi connectivity index (χ2v) is 9.68. The third-order valence-electron chi connectivity index (χ3n) is 6.33. The topological polar surface area (TPSA) is 110 Å². The molecule has 2 fully saturated rings. The summed E-state index contributed by atoms with van der Waals surface area (Å²) in [5.74, 6) is -1.02. The number of esters is 2. The molecule has 1 heterocycles. The van der Waals surface area contributed by atoms with Gasteiger partial charge in [-0.3, -0.25) is 14.5 Å². The fraction of sp³-hybridized carbons (Fsp3) is 0.583. The van der Waals surface area contributed by atoms with Crippen LogP contribution in [0.3, 0.4) is 0 Å². The van der Waals surface area contributed by atoms with Crippen molar-refractivity contribution in [2.45, 2.75) is 69.9 Å². The van der Waals surface area contributed by atoms with Gasteiger partial charge in [-0.15, -0.1) is 0 Å². The summed E-state index contributed by atoms with van der Waals surface area (Å²) in [6.45, 7) is 5.32. The van der Waals surface area contributed by atoms with Crippen LogP contribution in [0.25, 0.3) is 0 Å². The van der Waals surface area contributed by atoms with Crippen LogP contribution in [0.15, 0.2) is 24.3 Å². The number of amides is 1. The Balaban J connectivity index is 1.75. The maximum atomic E-state index is 13.1. The highest BCUT2D eigenvalue weighted by Gasteiger charge is 2.53. The Hall–Kier alpha value is -2.90. The van der Waals surface area contributed by atoms with Gasteiger partial charge in [-0.1, -0.05) is 24.3 Å². The summed E-state index contributed by atoms with van der Waals surface area (Å²) in [6.07, 6.45) is 0.670. The van der Waals surface area contributed by atoms with Crippen LogP contribution in [0.1, 0.15) is 74.7 Å². The van der Waals surface area contributed by atoms with Crippen LogP contribution in [0.2, 0.25) is 0 Å². The first-order valence-corrected chi connectivity index (χ1v) is 10.9. The van der Waals surface area contributed by atoms with Crippen LogP contribution in [0, 0.1) is 5.92 Å². The number of hydrogen-bond donors (Lipinski definition) is 1. The van der Waals surface area contributed by atoms with Crippen molar-refractivity contribution in [2.24, 2.45) is 5.92 Å². The molecule has 1 atom stereocenters. The third-order valence-corrected chi connectivity index (χ3v) is 6.33. The van der Waals surface area contributed by atoms with E-state index in [4.69, 9.17) is 9.47 Å². The molecule has 1 saturated heterocycles. The quantitative estimate of drug-likeness (QED) is 0.524. The van der Waals surface area contributed by atoms with Crippen LogP contribution >= 0.6 is 0 Å². The first-order valence-electron chi connectivity index (χ1n) is 10.9. The number of hydrogen-bond acceptors (Lipinski definition) is 6. The lowest BCUT2D eigenvalue weighted by Gasteiger charge is -2.36. The summed E-state index contributed by atoms with van der Waals surface area (Å²) in [7, 11) is 1.38. The fourth-order valence-electron chi connectivity index (χ4n) is 4.56. The number of ketones is 1. The summed E-state index contributed by atoms with van der Waals surface area (Å²) in [6, 6.07) is 7.11. The summed E-state index contributed by atoms with van der Waals surface area (Å²) < 4.78 is 10.3. The molecule has 3 rings (SSSR count). The summed E-state index contributed by atoms with van der Waals surface area (Å²) >= 11 is 0. The number of nitrogens with zero attached hydrogens (tertiary/aromatic N) is 1. The SMILES string of the molecule is COC(=O)C1CC(c2ccc(C(=O)CC3(C(=O)OC(C)(C)C)CCCN3C(=O)O)cc2)C1. The molecule has 0 aromatic heterocycles. The monoisotopic (exact) mass is 445 g/mol. The second-order valence-electron chi connectivity index (χ2n) is 9.68. The second kappa shape index (κ2) is 8.92. The molecular weight excluding hydrogens is 414 g/mol. The Labute approximate surface area is 187 Å². The van der Waals surface area contributed by atoms with Crippen LogP contribution in [-0.2, 0) is 19.1 Å². The Kier molecular flexibility index (Phi) is 6.62. The minimum absolute atomic E-state index is 0.0793. The zero-order chi connectivity index (χ0) is 23.7. The van der Waals surface area contributed by atoms with Crippen molar-refractivity contribution in [3.05, 3.63) is 35.4 Å². The van der Waals surface area contributed by atoms with Gasteiger partial charge in [0.1, 0.15) is 5.60 Å². The molecule has 1 saturated carbocycles. The van der Waals surface area contributed by atoms with E-state index in [2.05, 4.69) is 0 Å². The zero-order valence-corrected chi connectivity index (χ0v) is 19.1. The lowest BCUT2D eigenvalue weighted by atomic mass is 9.71. The molecule has 8 nitrogen and oxygen atoms in total. The van der Waals surface area contributed by atoms with Crippen molar-refractivity contribution < 1.29 is 33.8 Å². The number of ether oxygens (including phenoxy) is 2. The number of carbonyl (C=O) groups is 4. The van der Waals surface area contributed by atoms with E-state index in [0.29, 0.717) is 12.0 Å². The standard InChI is InChI=1S/C24H31NO7/c1-23(2,3)32-21(28)24(10-5-11-25(24)22(29)30)14-19(26)16-8-6-15(7-9-16)17-12-18(13-17)20(27)31-4/h6-9,17-18H,5,10-14H2,1-4H3,(H,29,30). The molecular formula is C24H31NO7. The minimum Gasteiger partial charge on any atom is -0.469 e. The van der Waals surface area contributed by atoms with E-state index < -0.39 is 23.2 Å². The van der Waals surface area contributed by atoms with Crippen molar-refractivity contribution in [1.82, 2.24) is 4.90 Å². The summed E-state index contributed by atoms with van der Waals surface area (Å²) in [5.41, 5.74) is -0.863. The minimum atomic E-state index is -1.52. The highest BCUT2D eigenvalue weighted by Crippen LogP contribution is 2.42. The number of methoxy groups -OCH3 is 1. The van der Waals surface area contributed by atoms with Gasteiger partial charge in [0.15, 0.2) is 11.3 Å². The van der Waals surface area contributed by atoms with E-state index in [9.17, 15) is 24.3 Å². The van der Waals surface area contributed by atoms with Gasteiger partial charge in [-0.25, -0.2) is 9.59 Å². The fourth-order valence-corrected chi connectivity index (χ4v) is 4.56. The van der Waals surface area contributed by atoms with E-state index in [0.717, 1.165) is 23.3 Å². The third kappa shape index (κ3) is 4.79. The number of likely N-dealkylation sites (tertiary alicyclic amines) is 1. The number of carbonyl (C=O) groups excluding carboxylic acids is 3. The predicted octanol–water partition coefficient (Wildman–Crippen LogP) is 3.78. The number of benzene rings is 1. The highest BCUT2D eigenvalue weighted by atomic mass is 16.6. The molecule has 1 aliphatic heterocycles. The maximum absolute atomic E-state index is 13.1. The molecule has 32 heavy (non-hydrogen) atoms. The first-order chi connectivity index (χ1) is 15.0. The van der Waals surface area contributed by atoms with Crippen LogP contribution < -0.4 is 0 Å². The smallest absolute Gasteiger partial charge is 0.408 e. The molecule has 0 radical (unpaired) electrons. The number of carboxylic acid groups (broad SMARTS) is 1. The van der Waals surface area contributed by atoms with Crippen molar-refractivity contribution in [2.75, 3.05) is 13.7 Å². The van der Waals surface area contributed by atoms with Gasteiger partial charge in [-0.05, 0) is 57.9 Å². The van der Waals surface area contributed by atoms with Crippen molar-refractivity contribution in [3.63, 3.8) is 0 Å². The van der Waals surface area contributed by atoms with E-state index in [-0.39, 0.29) is 43.0 Å². The molecule has 0 bridgehead atoms. The molecule has 1 unspecified atom stereocenters. The summed E-state index contributed by atoms with van der Waals surface area (Å²) in [5, 5.41) is 9.66. The molecule has 1 N–H and O–H groups in total.